The van der Waals surface area contributed by atoms with Gasteiger partial charge in [0.15, 0.2) is 0 Å². The summed E-state index contributed by atoms with van der Waals surface area (Å²) in [5.41, 5.74) is 0.646. The molecule has 4 nitrogen and oxygen atoms in total. The van der Waals surface area contributed by atoms with E-state index in [1.54, 1.807) is 6.07 Å². The molecule has 1 unspecified atom stereocenters. The fraction of sp³-hybridized carbons (Fsp3) is 0.286. The molecular weight excluding hydrogens is 439 g/mol. The molecule has 0 saturated carbocycles. The monoisotopic (exact) mass is 454 g/mol. The zero-order valence-electron chi connectivity index (χ0n) is 16.0. The number of pyridine rings is 1. The van der Waals surface area contributed by atoms with E-state index in [0.29, 0.717) is 18.5 Å². The van der Waals surface area contributed by atoms with Gasteiger partial charge >= 0.3 is 6.18 Å². The quantitative estimate of drug-likeness (QED) is 0.461. The molecule has 0 spiro atoms. The minimum Gasteiger partial charge on any atom is -0.355 e. The van der Waals surface area contributed by atoms with Crippen molar-refractivity contribution in [3.63, 3.8) is 0 Å². The van der Waals surface area contributed by atoms with Crippen molar-refractivity contribution < 1.29 is 22.0 Å². The van der Waals surface area contributed by atoms with Crippen molar-refractivity contribution >= 4 is 17.4 Å². The molecule has 1 aromatic carbocycles. The Hall–Kier alpha value is -2.81. The summed E-state index contributed by atoms with van der Waals surface area (Å²) >= 11 is 6.26. The molecule has 0 bridgehead atoms. The van der Waals surface area contributed by atoms with E-state index >= 15 is 0 Å². The maximum absolute atomic E-state index is 14.5. The predicted octanol–water partition coefficient (Wildman–Crippen LogP) is 5.92. The molecule has 0 radical (unpaired) electrons. The van der Waals surface area contributed by atoms with Gasteiger partial charge in [0.2, 0.25) is 0 Å². The van der Waals surface area contributed by atoms with E-state index in [0.717, 1.165) is 12.1 Å². The largest absolute Gasteiger partial charge is 0.393 e. The van der Waals surface area contributed by atoms with E-state index in [1.807, 2.05) is 0 Å². The third kappa shape index (κ3) is 4.46. The number of piperidine rings is 1. The Bertz CT molecular complexity index is 1110. The van der Waals surface area contributed by atoms with Crippen molar-refractivity contribution in [3.05, 3.63) is 59.5 Å². The van der Waals surface area contributed by atoms with Crippen LogP contribution in [0.25, 0.3) is 22.5 Å². The number of halogens is 6. The van der Waals surface area contributed by atoms with Crippen LogP contribution in [0, 0.1) is 17.6 Å². The Kier molecular flexibility index (Phi) is 5.79. The van der Waals surface area contributed by atoms with E-state index in [1.165, 1.54) is 29.6 Å². The Morgan fingerprint density at radius 3 is 2.55 bits per heavy atom. The summed E-state index contributed by atoms with van der Waals surface area (Å²) in [6, 6.07) is 4.59. The molecule has 3 heterocycles. The van der Waals surface area contributed by atoms with Gasteiger partial charge in [-0.15, -0.1) is 0 Å². The Labute approximate surface area is 179 Å². The number of alkyl halides is 3. The zero-order valence-corrected chi connectivity index (χ0v) is 16.8. The van der Waals surface area contributed by atoms with Crippen LogP contribution in [0.3, 0.4) is 0 Å². The second kappa shape index (κ2) is 8.37. The molecule has 1 fully saturated rings. The molecule has 2 aromatic heterocycles. The summed E-state index contributed by atoms with van der Waals surface area (Å²) in [7, 11) is 0. The van der Waals surface area contributed by atoms with Crippen LogP contribution >= 0.6 is 11.6 Å². The summed E-state index contributed by atoms with van der Waals surface area (Å²) in [4.78, 5) is 14.2. The van der Waals surface area contributed by atoms with Crippen LogP contribution in [0.4, 0.5) is 27.8 Å². The van der Waals surface area contributed by atoms with Gasteiger partial charge < -0.3 is 4.90 Å². The van der Waals surface area contributed by atoms with Crippen molar-refractivity contribution in [1.29, 1.82) is 0 Å². The van der Waals surface area contributed by atoms with Crippen LogP contribution in [-0.2, 0) is 0 Å². The Balaban J connectivity index is 1.82. The topological polar surface area (TPSA) is 41.9 Å². The van der Waals surface area contributed by atoms with Gasteiger partial charge in [-0.05, 0) is 31.0 Å². The first-order valence-electron chi connectivity index (χ1n) is 9.48. The Morgan fingerprint density at radius 2 is 1.84 bits per heavy atom. The van der Waals surface area contributed by atoms with Gasteiger partial charge in [0.05, 0.1) is 22.8 Å². The summed E-state index contributed by atoms with van der Waals surface area (Å²) < 4.78 is 67.6. The van der Waals surface area contributed by atoms with Gasteiger partial charge in [0, 0.05) is 42.7 Å². The van der Waals surface area contributed by atoms with E-state index in [4.69, 9.17) is 11.6 Å². The molecule has 1 aliphatic heterocycles. The van der Waals surface area contributed by atoms with Gasteiger partial charge in [-0.1, -0.05) is 11.6 Å². The number of hydrogen-bond donors (Lipinski definition) is 0. The smallest absolute Gasteiger partial charge is 0.355 e. The molecule has 1 saturated heterocycles. The highest BCUT2D eigenvalue weighted by molar-refractivity contribution is 6.33. The van der Waals surface area contributed by atoms with Crippen molar-refractivity contribution in [2.75, 3.05) is 18.0 Å². The highest BCUT2D eigenvalue weighted by atomic mass is 35.5. The van der Waals surface area contributed by atoms with Gasteiger partial charge in [-0.25, -0.2) is 18.7 Å². The van der Waals surface area contributed by atoms with Crippen LogP contribution in [-0.4, -0.2) is 34.2 Å². The maximum Gasteiger partial charge on any atom is 0.393 e. The van der Waals surface area contributed by atoms with Crippen LogP contribution in [0.15, 0.2) is 42.9 Å². The SMILES string of the molecule is Fc1ccc(-c2ncc(N3CCCC(C(F)(F)F)C3)nc2-c2ccncc2Cl)c(F)c1. The lowest BCUT2D eigenvalue weighted by molar-refractivity contribution is -0.176. The minimum absolute atomic E-state index is 0.00450. The number of anilines is 1. The molecule has 10 heteroatoms. The molecule has 3 aromatic rings. The highest BCUT2D eigenvalue weighted by Gasteiger charge is 2.42. The van der Waals surface area contributed by atoms with Gasteiger partial charge in [-0.3, -0.25) is 4.98 Å². The van der Waals surface area contributed by atoms with E-state index in [9.17, 15) is 22.0 Å². The molecule has 162 valence electrons. The van der Waals surface area contributed by atoms with Crippen molar-refractivity contribution in [2.24, 2.45) is 5.92 Å². The second-order valence-corrected chi connectivity index (χ2v) is 7.64. The predicted molar refractivity (Wildman–Crippen MR) is 107 cm³/mol. The average Bonchev–Trinajstić information content (AvgIpc) is 2.73. The second-order valence-electron chi connectivity index (χ2n) is 7.23. The molecular formula is C21H16ClF5N4. The van der Waals surface area contributed by atoms with Crippen molar-refractivity contribution in [1.82, 2.24) is 15.0 Å². The normalized spacial score (nSPS) is 17.1. The molecule has 0 aliphatic carbocycles. The first-order chi connectivity index (χ1) is 14.7. The van der Waals surface area contributed by atoms with Crippen LogP contribution in [0.5, 0.6) is 0 Å². The first kappa shape index (κ1) is 21.4. The molecule has 1 aliphatic rings. The lowest BCUT2D eigenvalue weighted by Crippen LogP contribution is -2.42. The number of rotatable bonds is 3. The molecule has 31 heavy (non-hydrogen) atoms. The molecule has 4 rings (SSSR count). The van der Waals surface area contributed by atoms with Gasteiger partial charge in [-0.2, -0.15) is 13.2 Å². The lowest BCUT2D eigenvalue weighted by atomic mass is 9.97. The van der Waals surface area contributed by atoms with E-state index in [-0.39, 0.29) is 40.8 Å². The van der Waals surface area contributed by atoms with Crippen molar-refractivity contribution in [3.8, 4) is 22.5 Å². The minimum atomic E-state index is -4.31. The summed E-state index contributed by atoms with van der Waals surface area (Å²) in [5, 5.41) is 0.213. The number of hydrogen-bond acceptors (Lipinski definition) is 4. The van der Waals surface area contributed by atoms with Crippen molar-refractivity contribution in [2.45, 2.75) is 19.0 Å². The van der Waals surface area contributed by atoms with E-state index < -0.39 is 23.7 Å². The first-order valence-corrected chi connectivity index (χ1v) is 9.86. The summed E-state index contributed by atoms with van der Waals surface area (Å²) in [6.45, 7) is 0.140. The number of nitrogens with zero attached hydrogens (tertiary/aromatic N) is 4. The maximum atomic E-state index is 14.5. The third-order valence-electron chi connectivity index (χ3n) is 5.18. The zero-order chi connectivity index (χ0) is 22.2. The number of benzene rings is 1. The van der Waals surface area contributed by atoms with Gasteiger partial charge in [0.1, 0.15) is 23.1 Å². The molecule has 0 N–H and O–H groups in total. The third-order valence-corrected chi connectivity index (χ3v) is 5.48. The van der Waals surface area contributed by atoms with Crippen LogP contribution in [0.1, 0.15) is 12.8 Å². The average molecular weight is 455 g/mol. The van der Waals surface area contributed by atoms with E-state index in [2.05, 4.69) is 15.0 Å². The van der Waals surface area contributed by atoms with Crippen LogP contribution < -0.4 is 4.90 Å². The number of aromatic nitrogens is 3. The fourth-order valence-electron chi connectivity index (χ4n) is 3.62. The Morgan fingerprint density at radius 1 is 1.03 bits per heavy atom. The summed E-state index contributed by atoms with van der Waals surface area (Å²) in [5.74, 6) is -2.84. The standard InChI is InChI=1S/C21H16ClF5N4/c22-16-9-28-6-5-14(16)20-19(15-4-3-13(23)8-17(15)24)29-10-18(30-20)31-7-1-2-12(11-31)21(25,26)27/h3-6,8-10,12H,1-2,7,11H2. The lowest BCUT2D eigenvalue weighted by Gasteiger charge is -2.34. The van der Waals surface area contributed by atoms with Crippen LogP contribution in [0.2, 0.25) is 5.02 Å². The highest BCUT2D eigenvalue weighted by Crippen LogP contribution is 2.38. The molecule has 0 amide bonds. The molecule has 1 atom stereocenters. The summed E-state index contributed by atoms with van der Waals surface area (Å²) in [6.07, 6.45) is 0.231. The van der Waals surface area contributed by atoms with Gasteiger partial charge in [0.25, 0.3) is 0 Å². The fourth-order valence-corrected chi connectivity index (χ4v) is 3.83.